The van der Waals surface area contributed by atoms with Crippen LogP contribution < -0.4 is 10.6 Å². The van der Waals surface area contributed by atoms with Gasteiger partial charge in [-0.25, -0.2) is 0 Å². The maximum Gasteiger partial charge on any atom is 0.224 e. The Morgan fingerprint density at radius 1 is 1.14 bits per heavy atom. The number of fused-ring (bicyclic) bond motifs is 1. The van der Waals surface area contributed by atoms with Gasteiger partial charge in [-0.3, -0.25) is 4.79 Å². The summed E-state index contributed by atoms with van der Waals surface area (Å²) in [5, 5.41) is 8.95. The van der Waals surface area contributed by atoms with Gasteiger partial charge in [-0.1, -0.05) is 48.9 Å². The number of carbonyl (C=O) groups excluding carboxylic acids is 1. The second-order valence-corrected chi connectivity index (χ2v) is 6.10. The van der Waals surface area contributed by atoms with Crippen molar-refractivity contribution in [3.63, 3.8) is 0 Å². The van der Waals surface area contributed by atoms with E-state index in [2.05, 4.69) is 28.8 Å². The van der Waals surface area contributed by atoms with Gasteiger partial charge in [-0.2, -0.15) is 0 Å². The predicted molar refractivity (Wildman–Crippen MR) is 90.9 cm³/mol. The van der Waals surface area contributed by atoms with Crippen LogP contribution in [0.3, 0.4) is 0 Å². The van der Waals surface area contributed by atoms with Gasteiger partial charge >= 0.3 is 0 Å². The van der Waals surface area contributed by atoms with Gasteiger partial charge in [0.15, 0.2) is 0 Å². The van der Waals surface area contributed by atoms with E-state index in [0.29, 0.717) is 12.5 Å². The van der Waals surface area contributed by atoms with Gasteiger partial charge in [0.2, 0.25) is 5.91 Å². The molecule has 1 atom stereocenters. The quantitative estimate of drug-likeness (QED) is 0.890. The fourth-order valence-electron chi connectivity index (χ4n) is 3.24. The third-order valence-electron chi connectivity index (χ3n) is 4.46. The highest BCUT2D eigenvalue weighted by Crippen LogP contribution is 2.18. The van der Waals surface area contributed by atoms with Crippen LogP contribution >= 0.6 is 0 Å². The molecule has 0 aromatic heterocycles. The molecule has 0 aliphatic carbocycles. The molecule has 0 spiro atoms. The first-order valence-corrected chi connectivity index (χ1v) is 8.29. The molecule has 3 heteroatoms. The van der Waals surface area contributed by atoms with Gasteiger partial charge in [0.25, 0.3) is 0 Å². The van der Waals surface area contributed by atoms with Crippen molar-refractivity contribution < 1.29 is 4.79 Å². The summed E-state index contributed by atoms with van der Waals surface area (Å²) >= 11 is 0. The molecular formula is C19H24N2O. The van der Waals surface area contributed by atoms with Crippen LogP contribution in [-0.2, 0) is 11.2 Å². The van der Waals surface area contributed by atoms with E-state index < -0.39 is 0 Å². The molecule has 1 aliphatic heterocycles. The minimum Gasteiger partial charge on any atom is -0.356 e. The maximum absolute atomic E-state index is 12.2. The second kappa shape index (κ2) is 7.41. The second-order valence-electron chi connectivity index (χ2n) is 6.10. The normalized spacial score (nSPS) is 18.3. The van der Waals surface area contributed by atoms with Crippen LogP contribution in [0.4, 0.5) is 0 Å². The Labute approximate surface area is 132 Å². The van der Waals surface area contributed by atoms with E-state index in [4.69, 9.17) is 0 Å². The number of nitrogens with one attached hydrogen (secondary N) is 2. The van der Waals surface area contributed by atoms with Gasteiger partial charge in [0.05, 0.1) is 6.42 Å². The fourth-order valence-corrected chi connectivity index (χ4v) is 3.24. The summed E-state index contributed by atoms with van der Waals surface area (Å²) in [6, 6.07) is 15.0. The largest absolute Gasteiger partial charge is 0.356 e. The van der Waals surface area contributed by atoms with Crippen LogP contribution in [0.15, 0.2) is 42.5 Å². The molecule has 3 rings (SSSR count). The van der Waals surface area contributed by atoms with Crippen molar-refractivity contribution in [2.75, 3.05) is 13.1 Å². The Morgan fingerprint density at radius 2 is 2.00 bits per heavy atom. The SMILES string of the molecule is O=C(Cc1cccc2ccccc12)NCCC1CCCCN1. The summed E-state index contributed by atoms with van der Waals surface area (Å²) in [6.07, 6.45) is 5.31. The number of piperidine rings is 1. The molecule has 0 radical (unpaired) electrons. The molecule has 3 nitrogen and oxygen atoms in total. The molecule has 1 heterocycles. The Morgan fingerprint density at radius 3 is 2.86 bits per heavy atom. The maximum atomic E-state index is 12.2. The first-order chi connectivity index (χ1) is 10.8. The summed E-state index contributed by atoms with van der Waals surface area (Å²) in [4.78, 5) is 12.2. The van der Waals surface area contributed by atoms with Gasteiger partial charge in [-0.15, -0.1) is 0 Å². The lowest BCUT2D eigenvalue weighted by Gasteiger charge is -2.23. The highest BCUT2D eigenvalue weighted by Gasteiger charge is 2.12. The lowest BCUT2D eigenvalue weighted by Crippen LogP contribution is -2.37. The average molecular weight is 296 g/mol. The number of benzene rings is 2. The van der Waals surface area contributed by atoms with E-state index in [1.54, 1.807) is 0 Å². The zero-order chi connectivity index (χ0) is 15.2. The summed E-state index contributed by atoms with van der Waals surface area (Å²) < 4.78 is 0. The smallest absolute Gasteiger partial charge is 0.224 e. The lowest BCUT2D eigenvalue weighted by atomic mass is 10.0. The first kappa shape index (κ1) is 15.0. The van der Waals surface area contributed by atoms with Crippen molar-refractivity contribution in [3.05, 3.63) is 48.0 Å². The summed E-state index contributed by atoms with van der Waals surface area (Å²) in [6.45, 7) is 1.88. The third kappa shape index (κ3) is 3.86. The average Bonchev–Trinajstić information content (AvgIpc) is 2.56. The number of carbonyl (C=O) groups is 1. The minimum absolute atomic E-state index is 0.118. The van der Waals surface area contributed by atoms with E-state index in [9.17, 15) is 4.79 Å². The summed E-state index contributed by atoms with van der Waals surface area (Å²) in [5.74, 6) is 0.118. The fraction of sp³-hybridized carbons (Fsp3) is 0.421. The third-order valence-corrected chi connectivity index (χ3v) is 4.46. The molecule has 116 valence electrons. The molecule has 22 heavy (non-hydrogen) atoms. The zero-order valence-corrected chi connectivity index (χ0v) is 13.0. The van der Waals surface area contributed by atoms with Crippen molar-refractivity contribution in [3.8, 4) is 0 Å². The van der Waals surface area contributed by atoms with Crippen molar-refractivity contribution in [2.24, 2.45) is 0 Å². The van der Waals surface area contributed by atoms with Gasteiger partial charge in [-0.05, 0) is 42.1 Å². The number of hydrogen-bond acceptors (Lipinski definition) is 2. The Bertz CT molecular complexity index is 627. The van der Waals surface area contributed by atoms with E-state index in [1.165, 1.54) is 30.0 Å². The standard InChI is InChI=1S/C19H24N2O/c22-19(21-13-11-17-9-3-4-12-20-17)14-16-8-5-7-15-6-1-2-10-18(15)16/h1-2,5-8,10,17,20H,3-4,9,11-14H2,(H,21,22). The molecule has 2 N–H and O–H groups in total. The Kier molecular flexibility index (Phi) is 5.07. The Balaban J connectivity index is 1.52. The summed E-state index contributed by atoms with van der Waals surface area (Å²) in [5.41, 5.74) is 1.10. The van der Waals surface area contributed by atoms with Crippen molar-refractivity contribution in [1.29, 1.82) is 0 Å². The molecule has 2 aromatic rings. The molecule has 1 fully saturated rings. The molecular weight excluding hydrogens is 272 g/mol. The van der Waals surface area contributed by atoms with Crippen LogP contribution in [-0.4, -0.2) is 25.0 Å². The van der Waals surface area contributed by atoms with Crippen molar-refractivity contribution in [2.45, 2.75) is 38.1 Å². The molecule has 1 unspecified atom stereocenters. The summed E-state index contributed by atoms with van der Waals surface area (Å²) in [7, 11) is 0. The highest BCUT2D eigenvalue weighted by molar-refractivity contribution is 5.90. The molecule has 0 saturated carbocycles. The lowest BCUT2D eigenvalue weighted by molar-refractivity contribution is -0.120. The monoisotopic (exact) mass is 296 g/mol. The first-order valence-electron chi connectivity index (χ1n) is 8.29. The number of hydrogen-bond donors (Lipinski definition) is 2. The highest BCUT2D eigenvalue weighted by atomic mass is 16.1. The van der Waals surface area contributed by atoms with Crippen LogP contribution in [0.5, 0.6) is 0 Å². The molecule has 0 bridgehead atoms. The van der Waals surface area contributed by atoms with Crippen LogP contribution in [0.2, 0.25) is 0 Å². The van der Waals surface area contributed by atoms with Crippen LogP contribution in [0.25, 0.3) is 10.8 Å². The van der Waals surface area contributed by atoms with Gasteiger partial charge < -0.3 is 10.6 Å². The van der Waals surface area contributed by atoms with E-state index in [0.717, 1.165) is 25.1 Å². The van der Waals surface area contributed by atoms with E-state index in [1.807, 2.05) is 24.3 Å². The molecule has 2 aromatic carbocycles. The topological polar surface area (TPSA) is 41.1 Å². The van der Waals surface area contributed by atoms with Crippen molar-refractivity contribution >= 4 is 16.7 Å². The predicted octanol–water partition coefficient (Wildman–Crippen LogP) is 3.03. The number of rotatable bonds is 5. The van der Waals surface area contributed by atoms with Gasteiger partial charge in [0, 0.05) is 12.6 Å². The van der Waals surface area contributed by atoms with Crippen molar-refractivity contribution in [1.82, 2.24) is 10.6 Å². The van der Waals surface area contributed by atoms with E-state index in [-0.39, 0.29) is 5.91 Å². The minimum atomic E-state index is 0.118. The van der Waals surface area contributed by atoms with Gasteiger partial charge in [0.1, 0.15) is 0 Å². The Hall–Kier alpha value is -1.87. The van der Waals surface area contributed by atoms with E-state index >= 15 is 0 Å². The van der Waals surface area contributed by atoms with Crippen LogP contribution in [0, 0.1) is 0 Å². The molecule has 1 aliphatic rings. The van der Waals surface area contributed by atoms with Crippen LogP contribution in [0.1, 0.15) is 31.2 Å². The molecule has 1 saturated heterocycles. The number of amides is 1. The zero-order valence-electron chi connectivity index (χ0n) is 13.0. The molecule has 1 amide bonds.